The lowest BCUT2D eigenvalue weighted by molar-refractivity contribution is -0.157. The van der Waals surface area contributed by atoms with Gasteiger partial charge in [0.1, 0.15) is 0 Å². The van der Waals surface area contributed by atoms with E-state index in [9.17, 15) is 9.59 Å². The first-order valence-corrected chi connectivity index (χ1v) is 10.9. The van der Waals surface area contributed by atoms with Crippen molar-refractivity contribution in [2.24, 2.45) is 0 Å². The highest BCUT2D eigenvalue weighted by Gasteiger charge is 2.45. The van der Waals surface area contributed by atoms with Gasteiger partial charge >= 0.3 is 0 Å². The smallest absolute Gasteiger partial charge is 0.255 e. The van der Waals surface area contributed by atoms with Crippen LogP contribution in [0.25, 0.3) is 11.1 Å². The van der Waals surface area contributed by atoms with Crippen molar-refractivity contribution in [3.63, 3.8) is 0 Å². The number of hydrogen-bond acceptors (Lipinski definition) is 4. The second-order valence-electron chi connectivity index (χ2n) is 7.87. The minimum absolute atomic E-state index is 0.147. The second kappa shape index (κ2) is 9.75. The number of nitrogens with one attached hydrogen (secondary N) is 1. The molecule has 2 aromatic carbocycles. The van der Waals surface area contributed by atoms with Gasteiger partial charge in [0.15, 0.2) is 5.60 Å². The number of morpholine rings is 1. The van der Waals surface area contributed by atoms with E-state index in [0.717, 1.165) is 16.7 Å². The van der Waals surface area contributed by atoms with E-state index >= 15 is 0 Å². The zero-order valence-electron chi connectivity index (χ0n) is 18.2. The van der Waals surface area contributed by atoms with Gasteiger partial charge in [0.05, 0.1) is 18.7 Å². The second-order valence-corrected chi connectivity index (χ2v) is 7.87. The number of likely N-dealkylation sites (N-methyl/N-ethyl adjacent to an activating group) is 1. The van der Waals surface area contributed by atoms with Crippen molar-refractivity contribution in [1.82, 2.24) is 15.2 Å². The highest BCUT2D eigenvalue weighted by Crippen LogP contribution is 2.30. The highest BCUT2D eigenvalue weighted by atomic mass is 16.5. The van der Waals surface area contributed by atoms with E-state index in [-0.39, 0.29) is 25.0 Å². The topological polar surface area (TPSA) is 71.5 Å². The fraction of sp³-hybridized carbons (Fsp3) is 0.269. The Kier molecular flexibility index (Phi) is 6.61. The third kappa shape index (κ3) is 4.55. The summed E-state index contributed by atoms with van der Waals surface area (Å²) in [5, 5.41) is 2.92. The molecule has 1 saturated heterocycles. The molecule has 0 bridgehead atoms. The van der Waals surface area contributed by atoms with E-state index in [1.165, 1.54) is 0 Å². The van der Waals surface area contributed by atoms with Gasteiger partial charge in [-0.15, -0.1) is 0 Å². The average molecular weight is 430 g/mol. The zero-order chi connectivity index (χ0) is 22.4. The summed E-state index contributed by atoms with van der Waals surface area (Å²) in [5.74, 6) is -0.349. The number of amides is 2. The van der Waals surface area contributed by atoms with E-state index in [0.29, 0.717) is 25.1 Å². The van der Waals surface area contributed by atoms with Crippen LogP contribution in [0.15, 0.2) is 79.1 Å². The molecule has 1 atom stereocenters. The maximum absolute atomic E-state index is 13.3. The van der Waals surface area contributed by atoms with Crippen LogP contribution in [0.2, 0.25) is 0 Å². The predicted octanol–water partition coefficient (Wildman–Crippen LogP) is 3.34. The number of carbonyl (C=O) groups excluding carboxylic acids is 2. The molecule has 2 amide bonds. The lowest BCUT2D eigenvalue weighted by atomic mass is 9.87. The number of hydrogen-bond donors (Lipinski definition) is 1. The van der Waals surface area contributed by atoms with E-state index in [4.69, 9.17) is 4.74 Å². The van der Waals surface area contributed by atoms with Crippen molar-refractivity contribution < 1.29 is 14.3 Å². The minimum Gasteiger partial charge on any atom is -0.361 e. The maximum atomic E-state index is 13.3. The molecular formula is C26H27N3O3. The van der Waals surface area contributed by atoms with Crippen LogP contribution in [0.3, 0.4) is 0 Å². The van der Waals surface area contributed by atoms with Crippen molar-refractivity contribution in [2.75, 3.05) is 26.2 Å². The molecule has 2 heterocycles. The Morgan fingerprint density at radius 1 is 1.06 bits per heavy atom. The van der Waals surface area contributed by atoms with Gasteiger partial charge in [0.2, 0.25) is 0 Å². The van der Waals surface area contributed by atoms with Gasteiger partial charge in [0.25, 0.3) is 11.8 Å². The monoisotopic (exact) mass is 429 g/mol. The quantitative estimate of drug-likeness (QED) is 0.652. The summed E-state index contributed by atoms with van der Waals surface area (Å²) in [7, 11) is 0. The molecule has 1 aliphatic heterocycles. The molecular weight excluding hydrogens is 402 g/mol. The first kappa shape index (κ1) is 21.7. The summed E-state index contributed by atoms with van der Waals surface area (Å²) in [6.07, 6.45) is 3.55. The van der Waals surface area contributed by atoms with Crippen LogP contribution in [0.1, 0.15) is 22.8 Å². The molecule has 6 heteroatoms. The largest absolute Gasteiger partial charge is 0.361 e. The number of benzene rings is 2. The molecule has 0 unspecified atom stereocenters. The molecule has 0 spiro atoms. The standard InChI is InChI=1S/C26H27N3O3/c1-2-28-25(31)26(17-21-11-6-7-13-23(21)20-9-4-3-5-10-20)19-29(15-16-32-26)24(30)22-12-8-14-27-18-22/h3-14,18H,2,15-17,19H2,1H3,(H,28,31)/t26-/m1/s1. The summed E-state index contributed by atoms with van der Waals surface area (Å²) in [4.78, 5) is 32.1. The van der Waals surface area contributed by atoms with Gasteiger partial charge in [0, 0.05) is 31.9 Å². The molecule has 6 nitrogen and oxygen atoms in total. The SMILES string of the molecule is CCNC(=O)[C@@]1(Cc2ccccc2-c2ccccc2)CN(C(=O)c2cccnc2)CCO1. The summed E-state index contributed by atoms with van der Waals surface area (Å²) < 4.78 is 6.17. The van der Waals surface area contributed by atoms with Crippen LogP contribution >= 0.6 is 0 Å². The minimum atomic E-state index is -1.17. The van der Waals surface area contributed by atoms with Gasteiger partial charge in [-0.2, -0.15) is 0 Å². The summed E-state index contributed by atoms with van der Waals surface area (Å²) in [6, 6.07) is 21.6. The third-order valence-electron chi connectivity index (χ3n) is 5.71. The van der Waals surface area contributed by atoms with Crippen LogP contribution in [0, 0.1) is 0 Å². The Morgan fingerprint density at radius 2 is 1.84 bits per heavy atom. The van der Waals surface area contributed by atoms with Gasteiger partial charge in [-0.3, -0.25) is 14.6 Å². The van der Waals surface area contributed by atoms with Crippen LogP contribution in [-0.4, -0.2) is 53.5 Å². The Morgan fingerprint density at radius 3 is 2.59 bits per heavy atom. The molecule has 4 rings (SSSR count). The summed E-state index contributed by atoms with van der Waals surface area (Å²) in [6.45, 7) is 3.26. The number of nitrogens with zero attached hydrogens (tertiary/aromatic N) is 2. The molecule has 0 saturated carbocycles. The van der Waals surface area contributed by atoms with Crippen LogP contribution in [0.4, 0.5) is 0 Å². The van der Waals surface area contributed by atoms with E-state index in [1.807, 2.05) is 43.3 Å². The van der Waals surface area contributed by atoms with Gasteiger partial charge in [-0.05, 0) is 35.7 Å². The lowest BCUT2D eigenvalue weighted by Crippen LogP contribution is -2.62. The number of carbonyl (C=O) groups is 2. The molecule has 0 aliphatic carbocycles. The Hall–Kier alpha value is -3.51. The zero-order valence-corrected chi connectivity index (χ0v) is 18.2. The van der Waals surface area contributed by atoms with Crippen molar-refractivity contribution in [3.8, 4) is 11.1 Å². The molecule has 1 aliphatic rings. The molecule has 32 heavy (non-hydrogen) atoms. The molecule has 164 valence electrons. The first-order valence-electron chi connectivity index (χ1n) is 10.9. The Balaban J connectivity index is 1.68. The van der Waals surface area contributed by atoms with Crippen molar-refractivity contribution in [2.45, 2.75) is 18.9 Å². The summed E-state index contributed by atoms with van der Waals surface area (Å²) in [5.41, 5.74) is 2.46. The number of aromatic nitrogens is 1. The van der Waals surface area contributed by atoms with Crippen LogP contribution in [0.5, 0.6) is 0 Å². The molecule has 1 N–H and O–H groups in total. The van der Waals surface area contributed by atoms with E-state index in [1.54, 1.807) is 29.4 Å². The fourth-order valence-electron chi connectivity index (χ4n) is 4.16. The number of rotatable bonds is 6. The molecule has 1 fully saturated rings. The fourth-order valence-corrected chi connectivity index (χ4v) is 4.16. The lowest BCUT2D eigenvalue weighted by Gasteiger charge is -2.42. The van der Waals surface area contributed by atoms with Gasteiger partial charge in [-0.1, -0.05) is 54.6 Å². The van der Waals surface area contributed by atoms with E-state index in [2.05, 4.69) is 28.5 Å². The van der Waals surface area contributed by atoms with Crippen molar-refractivity contribution in [3.05, 3.63) is 90.3 Å². The molecule has 1 aromatic heterocycles. The normalized spacial score (nSPS) is 18.2. The average Bonchev–Trinajstić information content (AvgIpc) is 2.85. The predicted molar refractivity (Wildman–Crippen MR) is 123 cm³/mol. The first-order chi connectivity index (χ1) is 15.6. The van der Waals surface area contributed by atoms with Crippen molar-refractivity contribution >= 4 is 11.8 Å². The Labute approximate surface area is 188 Å². The summed E-state index contributed by atoms with van der Waals surface area (Å²) >= 11 is 0. The van der Waals surface area contributed by atoms with Crippen molar-refractivity contribution in [1.29, 1.82) is 0 Å². The van der Waals surface area contributed by atoms with E-state index < -0.39 is 5.60 Å². The Bertz CT molecular complexity index is 1070. The molecule has 0 radical (unpaired) electrons. The number of pyridine rings is 1. The molecule has 3 aromatic rings. The third-order valence-corrected chi connectivity index (χ3v) is 5.71. The van der Waals surface area contributed by atoms with Gasteiger partial charge < -0.3 is 15.0 Å². The van der Waals surface area contributed by atoms with Gasteiger partial charge in [-0.25, -0.2) is 0 Å². The maximum Gasteiger partial charge on any atom is 0.255 e. The number of ether oxygens (including phenoxy) is 1. The highest BCUT2D eigenvalue weighted by molar-refractivity contribution is 5.95. The van der Waals surface area contributed by atoms with Crippen LogP contribution < -0.4 is 5.32 Å². The van der Waals surface area contributed by atoms with Crippen LogP contribution in [-0.2, 0) is 16.0 Å².